The molecule has 0 aliphatic rings. The van der Waals surface area contributed by atoms with Gasteiger partial charge in [-0.1, -0.05) is 0 Å². The summed E-state index contributed by atoms with van der Waals surface area (Å²) in [4.78, 5) is 22.9. The van der Waals surface area contributed by atoms with Gasteiger partial charge < -0.3 is 14.8 Å². The molecule has 0 aliphatic heterocycles. The Morgan fingerprint density at radius 2 is 1.81 bits per heavy atom. The van der Waals surface area contributed by atoms with Gasteiger partial charge in [0.25, 0.3) is 11.6 Å². The minimum atomic E-state index is -0.798. The van der Waals surface area contributed by atoms with Crippen LogP contribution >= 0.6 is 0 Å². The molecule has 8 nitrogen and oxygen atoms in total. The van der Waals surface area contributed by atoms with Gasteiger partial charge in [0.15, 0.2) is 11.5 Å². The van der Waals surface area contributed by atoms with Gasteiger partial charge in [-0.2, -0.15) is 5.26 Å². The third-order valence-electron chi connectivity index (χ3n) is 3.50. The van der Waals surface area contributed by atoms with Crippen molar-refractivity contribution in [1.29, 1.82) is 5.26 Å². The fourth-order valence-corrected chi connectivity index (χ4v) is 2.19. The number of nitro groups is 1. The summed E-state index contributed by atoms with van der Waals surface area (Å²) in [6.45, 7) is 0. The zero-order valence-corrected chi connectivity index (χ0v) is 14.4. The SMILES string of the molecule is COc1cc(/C=C(\C#N)C(=O)Nc2ccc(F)cc2)c([N+](=O)[O-])cc1OC. The molecule has 0 fully saturated rings. The van der Waals surface area contributed by atoms with Crippen LogP contribution < -0.4 is 14.8 Å². The van der Waals surface area contributed by atoms with Crippen molar-refractivity contribution in [2.24, 2.45) is 0 Å². The van der Waals surface area contributed by atoms with E-state index in [1.165, 1.54) is 32.4 Å². The number of methoxy groups -OCH3 is 2. The minimum absolute atomic E-state index is 0.0107. The van der Waals surface area contributed by atoms with E-state index in [0.29, 0.717) is 0 Å². The Morgan fingerprint density at radius 1 is 1.22 bits per heavy atom. The van der Waals surface area contributed by atoms with E-state index in [0.717, 1.165) is 24.3 Å². The van der Waals surface area contributed by atoms with Gasteiger partial charge in [0, 0.05) is 5.69 Å². The van der Waals surface area contributed by atoms with Crippen LogP contribution in [0.5, 0.6) is 11.5 Å². The van der Waals surface area contributed by atoms with E-state index >= 15 is 0 Å². The van der Waals surface area contributed by atoms with E-state index in [4.69, 9.17) is 9.47 Å². The van der Waals surface area contributed by atoms with Gasteiger partial charge in [-0.3, -0.25) is 14.9 Å². The first kappa shape index (κ1) is 19.4. The van der Waals surface area contributed by atoms with Crippen molar-refractivity contribution in [1.82, 2.24) is 0 Å². The van der Waals surface area contributed by atoms with Crippen molar-refractivity contribution in [3.05, 3.63) is 63.5 Å². The second kappa shape index (κ2) is 8.44. The van der Waals surface area contributed by atoms with Gasteiger partial charge in [-0.15, -0.1) is 0 Å². The van der Waals surface area contributed by atoms with E-state index in [1.54, 1.807) is 6.07 Å². The smallest absolute Gasteiger partial charge is 0.280 e. The molecular formula is C18H14FN3O5. The van der Waals surface area contributed by atoms with Crippen molar-refractivity contribution in [3.63, 3.8) is 0 Å². The molecule has 0 aromatic heterocycles. The largest absolute Gasteiger partial charge is 0.493 e. The van der Waals surface area contributed by atoms with Crippen LogP contribution in [0.3, 0.4) is 0 Å². The molecule has 0 spiro atoms. The number of anilines is 1. The van der Waals surface area contributed by atoms with Crippen molar-refractivity contribution < 1.29 is 23.6 Å². The molecule has 0 heterocycles. The Morgan fingerprint density at radius 3 is 2.33 bits per heavy atom. The molecule has 1 amide bonds. The lowest BCUT2D eigenvalue weighted by molar-refractivity contribution is -0.385. The maximum atomic E-state index is 12.9. The number of benzene rings is 2. The van der Waals surface area contributed by atoms with Crippen LogP contribution in [0.1, 0.15) is 5.56 Å². The summed E-state index contributed by atoms with van der Waals surface area (Å²) in [5.74, 6) is -0.945. The minimum Gasteiger partial charge on any atom is -0.493 e. The van der Waals surface area contributed by atoms with Crippen LogP contribution in [-0.4, -0.2) is 25.1 Å². The maximum Gasteiger partial charge on any atom is 0.280 e. The highest BCUT2D eigenvalue weighted by Gasteiger charge is 2.20. The van der Waals surface area contributed by atoms with Gasteiger partial charge in [-0.25, -0.2) is 4.39 Å². The Kier molecular flexibility index (Phi) is 6.06. The van der Waals surface area contributed by atoms with Crippen LogP contribution in [0.2, 0.25) is 0 Å². The van der Waals surface area contributed by atoms with Crippen molar-refractivity contribution in [2.45, 2.75) is 0 Å². The van der Waals surface area contributed by atoms with Crippen LogP contribution in [0.25, 0.3) is 6.08 Å². The molecule has 0 saturated carbocycles. The Labute approximate surface area is 153 Å². The molecule has 0 radical (unpaired) electrons. The molecule has 2 aromatic rings. The second-order valence-electron chi connectivity index (χ2n) is 5.15. The number of amides is 1. The predicted molar refractivity (Wildman–Crippen MR) is 94.8 cm³/mol. The Hall–Kier alpha value is -3.93. The summed E-state index contributed by atoms with van der Waals surface area (Å²) >= 11 is 0. The quantitative estimate of drug-likeness (QED) is 0.361. The first-order valence-electron chi connectivity index (χ1n) is 7.48. The number of halogens is 1. The van der Waals surface area contributed by atoms with E-state index in [9.17, 15) is 24.6 Å². The lowest BCUT2D eigenvalue weighted by atomic mass is 10.1. The number of nitriles is 1. The monoisotopic (exact) mass is 371 g/mol. The standard InChI is InChI=1S/C18H14FN3O5/c1-26-16-8-11(15(22(24)25)9-17(16)27-2)7-12(10-20)18(23)21-14-5-3-13(19)4-6-14/h3-9H,1-2H3,(H,21,23)/b12-7+. The third kappa shape index (κ3) is 4.58. The van der Waals surface area contributed by atoms with Gasteiger partial charge >= 0.3 is 0 Å². The lowest BCUT2D eigenvalue weighted by Gasteiger charge is -2.09. The van der Waals surface area contributed by atoms with Gasteiger partial charge in [0.1, 0.15) is 17.5 Å². The molecule has 27 heavy (non-hydrogen) atoms. The molecule has 9 heteroatoms. The molecule has 138 valence electrons. The van der Waals surface area contributed by atoms with Crippen molar-refractivity contribution >= 4 is 23.4 Å². The van der Waals surface area contributed by atoms with Gasteiger partial charge in [0.05, 0.1) is 30.8 Å². The summed E-state index contributed by atoms with van der Waals surface area (Å²) < 4.78 is 23.1. The number of hydrogen-bond acceptors (Lipinski definition) is 6. The van der Waals surface area contributed by atoms with E-state index in [2.05, 4.69) is 5.32 Å². The summed E-state index contributed by atoms with van der Waals surface area (Å²) in [7, 11) is 2.68. The Bertz CT molecular complexity index is 949. The first-order valence-corrected chi connectivity index (χ1v) is 7.48. The number of carbonyl (C=O) groups excluding carboxylic acids is 1. The highest BCUT2D eigenvalue weighted by molar-refractivity contribution is 6.10. The normalized spacial score (nSPS) is 10.7. The first-order chi connectivity index (χ1) is 12.9. The fourth-order valence-electron chi connectivity index (χ4n) is 2.19. The molecule has 0 saturated heterocycles. The van der Waals surface area contributed by atoms with Crippen LogP contribution in [0, 0.1) is 27.3 Å². The lowest BCUT2D eigenvalue weighted by Crippen LogP contribution is -2.13. The molecule has 0 unspecified atom stereocenters. The number of carbonyl (C=O) groups is 1. The number of rotatable bonds is 6. The molecule has 0 aliphatic carbocycles. The number of ether oxygens (including phenoxy) is 2. The highest BCUT2D eigenvalue weighted by Crippen LogP contribution is 2.35. The van der Waals surface area contributed by atoms with Crippen LogP contribution in [0.15, 0.2) is 42.0 Å². The summed E-state index contributed by atoms with van der Waals surface area (Å²) in [5.41, 5.74) is -0.488. The number of hydrogen-bond donors (Lipinski definition) is 1. The molecular weight excluding hydrogens is 357 g/mol. The summed E-state index contributed by atoms with van der Waals surface area (Å²) in [6, 6.07) is 9.05. The number of nitrogens with zero attached hydrogens (tertiary/aromatic N) is 2. The highest BCUT2D eigenvalue weighted by atomic mass is 19.1. The van der Waals surface area contributed by atoms with E-state index in [-0.39, 0.29) is 34.0 Å². The zero-order chi connectivity index (χ0) is 20.0. The average molecular weight is 371 g/mol. The predicted octanol–water partition coefficient (Wildman–Crippen LogP) is 3.30. The van der Waals surface area contributed by atoms with Crippen molar-refractivity contribution in [2.75, 3.05) is 19.5 Å². The van der Waals surface area contributed by atoms with Crippen LogP contribution in [-0.2, 0) is 4.79 Å². The van der Waals surface area contributed by atoms with E-state index in [1.807, 2.05) is 0 Å². The van der Waals surface area contributed by atoms with Gasteiger partial charge in [0.2, 0.25) is 0 Å². The van der Waals surface area contributed by atoms with Crippen molar-refractivity contribution in [3.8, 4) is 17.6 Å². The number of nitrogens with one attached hydrogen (secondary N) is 1. The van der Waals surface area contributed by atoms with Gasteiger partial charge in [-0.05, 0) is 36.4 Å². The topological polar surface area (TPSA) is 114 Å². The summed E-state index contributed by atoms with van der Waals surface area (Å²) in [5, 5.41) is 23.0. The second-order valence-corrected chi connectivity index (χ2v) is 5.15. The molecule has 2 aromatic carbocycles. The molecule has 2 rings (SSSR count). The zero-order valence-electron chi connectivity index (χ0n) is 14.4. The fraction of sp³-hybridized carbons (Fsp3) is 0.111. The molecule has 0 bridgehead atoms. The maximum absolute atomic E-state index is 12.9. The average Bonchev–Trinajstić information content (AvgIpc) is 2.66. The van der Waals surface area contributed by atoms with E-state index < -0.39 is 16.6 Å². The van der Waals surface area contributed by atoms with Crippen LogP contribution in [0.4, 0.5) is 15.8 Å². The Balaban J connectivity index is 2.43. The molecule has 0 atom stereocenters. The summed E-state index contributed by atoms with van der Waals surface area (Å²) in [6.07, 6.45) is 1.07. The number of nitro benzene ring substituents is 1. The molecule has 1 N–H and O–H groups in total. The third-order valence-corrected chi connectivity index (χ3v) is 3.50.